The minimum absolute atomic E-state index is 0. The Morgan fingerprint density at radius 3 is 0.720 bits per heavy atom. The monoisotopic (exact) mass is 701 g/mol. The summed E-state index contributed by atoms with van der Waals surface area (Å²) in [7, 11) is 0. The molecule has 0 unspecified atom stereocenters. The first kappa shape index (κ1) is 49.4. The topological polar surface area (TPSA) is 9.23 Å². The van der Waals surface area contributed by atoms with Gasteiger partial charge < -0.3 is 6.16 Å². The predicted octanol–water partition coefficient (Wildman–Crippen LogP) is 14.0. The van der Waals surface area contributed by atoms with E-state index in [0.29, 0.717) is 0 Å². The van der Waals surface area contributed by atoms with Gasteiger partial charge in [0.1, 0.15) is 0 Å². The van der Waals surface area contributed by atoms with Crippen molar-refractivity contribution in [2.45, 2.75) is 219 Å². The normalized spacial score (nSPS) is 10.8. The maximum absolute atomic E-state index is 5.87. The molecule has 2 heteroatoms. The van der Waals surface area contributed by atoms with E-state index in [1.165, 1.54) is 217 Å². The van der Waals surface area contributed by atoms with Gasteiger partial charge in [0.2, 0.25) is 0 Å². The molecule has 0 aliphatic carbocycles. The second-order valence-corrected chi connectivity index (χ2v) is 15.0. The van der Waals surface area contributed by atoms with Crippen molar-refractivity contribution in [2.24, 2.45) is 0 Å². The zero-order valence-electron chi connectivity index (χ0n) is 35.2. The van der Waals surface area contributed by atoms with Crippen molar-refractivity contribution in [3.05, 3.63) is 60.7 Å². The predicted molar refractivity (Wildman–Crippen MR) is 223 cm³/mol. The van der Waals surface area contributed by atoms with Crippen LogP contribution in [0.2, 0.25) is 0 Å². The van der Waals surface area contributed by atoms with Crippen molar-refractivity contribution >= 4 is 0 Å². The molecule has 2 rings (SSSR count). The summed E-state index contributed by atoms with van der Waals surface area (Å²) in [6, 6.07) is 20.8. The van der Waals surface area contributed by atoms with Gasteiger partial charge in [0.15, 0.2) is 0 Å². The first-order valence-electron chi connectivity index (χ1n) is 22.1. The Labute approximate surface area is 338 Å². The average molecular weight is 701 g/mol. The van der Waals surface area contributed by atoms with Gasteiger partial charge in [-0.1, -0.05) is 267 Å². The minimum Gasteiger partial charge on any atom is -1.00 e. The Hall–Kier alpha value is -0.600. The van der Waals surface area contributed by atoms with Gasteiger partial charge in [0.25, 0.3) is 0 Å². The average Bonchev–Trinajstić information content (AvgIpc) is 3.14. The summed E-state index contributed by atoms with van der Waals surface area (Å²) in [5, 5.41) is 0. The Balaban J connectivity index is 0. The summed E-state index contributed by atoms with van der Waals surface area (Å²) in [6.07, 6.45) is 46.0. The summed E-state index contributed by atoms with van der Waals surface area (Å²) in [5.41, 5.74) is 2.55. The summed E-state index contributed by atoms with van der Waals surface area (Å²) in [4.78, 5) is 0. The van der Waals surface area contributed by atoms with Crippen LogP contribution in [0.1, 0.15) is 221 Å². The molecule has 0 aliphatic heterocycles. The molecule has 2 aromatic rings. The van der Waals surface area contributed by atoms with Gasteiger partial charge in [-0.05, 0) is 24.0 Å². The molecular formula is C48H85NaO. The first-order valence-corrected chi connectivity index (χ1v) is 22.1. The molecular weight excluding hydrogens is 616 g/mol. The van der Waals surface area contributed by atoms with Gasteiger partial charge in [-0.25, -0.2) is 0 Å². The van der Waals surface area contributed by atoms with E-state index in [2.05, 4.69) is 62.4 Å². The molecule has 0 fully saturated rings. The number of ether oxygens (including phenoxy) is 1. The van der Waals surface area contributed by atoms with E-state index in [1.807, 2.05) is 12.1 Å². The van der Waals surface area contributed by atoms with Crippen molar-refractivity contribution in [1.82, 2.24) is 0 Å². The summed E-state index contributed by atoms with van der Waals surface area (Å²) >= 11 is 0. The fourth-order valence-corrected chi connectivity index (χ4v) is 6.87. The zero-order valence-corrected chi connectivity index (χ0v) is 36.2. The second-order valence-electron chi connectivity index (χ2n) is 15.0. The van der Waals surface area contributed by atoms with E-state index < -0.39 is 0 Å². The van der Waals surface area contributed by atoms with Crippen LogP contribution in [0.3, 0.4) is 0 Å². The molecule has 0 bridgehead atoms. The third kappa shape index (κ3) is 35.8. The summed E-state index contributed by atoms with van der Waals surface area (Å²) in [6.45, 7) is 6.60. The number of rotatable bonds is 35. The van der Waals surface area contributed by atoms with Gasteiger partial charge in [-0.15, -0.1) is 0 Å². The van der Waals surface area contributed by atoms with E-state index in [0.717, 1.165) is 13.2 Å². The fraction of sp³-hybridized carbons (Fsp3) is 0.750. The molecule has 0 saturated carbocycles. The van der Waals surface area contributed by atoms with E-state index in [-0.39, 0.29) is 31.0 Å². The Bertz CT molecular complexity index is 789. The van der Waals surface area contributed by atoms with E-state index in [9.17, 15) is 0 Å². The molecule has 50 heavy (non-hydrogen) atoms. The van der Waals surface area contributed by atoms with Crippen LogP contribution in [-0.2, 0) is 4.74 Å². The molecule has 0 aliphatic rings. The number of hydrogen-bond acceptors (Lipinski definition) is 1. The second kappa shape index (κ2) is 42.8. The third-order valence-electron chi connectivity index (χ3n) is 10.2. The van der Waals surface area contributed by atoms with Crippen molar-refractivity contribution in [3.8, 4) is 11.1 Å². The Kier molecular flexibility index (Phi) is 42.3. The summed E-state index contributed by atoms with van der Waals surface area (Å²) < 4.78 is 5.87. The molecule has 0 aromatic heterocycles. The molecule has 2 aromatic carbocycles. The van der Waals surface area contributed by atoms with Crippen molar-refractivity contribution in [1.29, 1.82) is 0 Å². The number of hydrogen-bond donors (Lipinski definition) is 0. The molecule has 0 heterocycles. The quantitative estimate of drug-likeness (QED) is 0.0514. The maximum Gasteiger partial charge on any atom is 1.00 e. The first-order chi connectivity index (χ1) is 24.4. The van der Waals surface area contributed by atoms with Crippen LogP contribution in [0.5, 0.6) is 0 Å². The smallest absolute Gasteiger partial charge is 1.00 e. The van der Waals surface area contributed by atoms with Crippen molar-refractivity contribution in [2.75, 3.05) is 13.2 Å². The van der Waals surface area contributed by atoms with Crippen LogP contribution < -0.4 is 29.6 Å². The van der Waals surface area contributed by atoms with Crippen molar-refractivity contribution < 1.29 is 35.7 Å². The van der Waals surface area contributed by atoms with E-state index in [4.69, 9.17) is 4.74 Å². The summed E-state index contributed by atoms with van der Waals surface area (Å²) in [5.74, 6) is 0. The van der Waals surface area contributed by atoms with E-state index in [1.54, 1.807) is 0 Å². The molecule has 284 valence electrons. The van der Waals surface area contributed by atoms with Gasteiger partial charge in [0.05, 0.1) is 0 Å². The third-order valence-corrected chi connectivity index (χ3v) is 10.2. The van der Waals surface area contributed by atoms with Crippen LogP contribution in [0.25, 0.3) is 11.1 Å². The molecule has 0 amide bonds. The fourth-order valence-electron chi connectivity index (χ4n) is 6.87. The van der Waals surface area contributed by atoms with Crippen LogP contribution in [0.15, 0.2) is 60.7 Å². The van der Waals surface area contributed by atoms with Crippen molar-refractivity contribution in [3.63, 3.8) is 0 Å². The van der Waals surface area contributed by atoms with Crippen LogP contribution in [0, 0.1) is 0 Å². The van der Waals surface area contributed by atoms with Gasteiger partial charge in [-0.2, -0.15) is 0 Å². The molecule has 0 atom stereocenters. The molecule has 0 radical (unpaired) electrons. The zero-order chi connectivity index (χ0) is 35.0. The number of unbranched alkanes of at least 4 members (excludes halogenated alkanes) is 30. The van der Waals surface area contributed by atoms with Crippen LogP contribution >= 0.6 is 0 Å². The van der Waals surface area contributed by atoms with Gasteiger partial charge in [0, 0.05) is 13.2 Å². The minimum atomic E-state index is 0. The van der Waals surface area contributed by atoms with Gasteiger partial charge in [-0.3, -0.25) is 0 Å². The van der Waals surface area contributed by atoms with Crippen LogP contribution in [0.4, 0.5) is 0 Å². The molecule has 0 spiro atoms. The van der Waals surface area contributed by atoms with Gasteiger partial charge >= 0.3 is 29.6 Å². The molecule has 0 N–H and O–H groups in total. The number of benzene rings is 2. The Morgan fingerprint density at radius 2 is 0.500 bits per heavy atom. The Morgan fingerprint density at radius 1 is 0.300 bits per heavy atom. The van der Waals surface area contributed by atoms with E-state index >= 15 is 0 Å². The maximum atomic E-state index is 5.87. The molecule has 1 nitrogen and oxygen atoms in total. The largest absolute Gasteiger partial charge is 1.00 e. The van der Waals surface area contributed by atoms with Crippen LogP contribution in [-0.4, -0.2) is 13.2 Å². The standard InChI is InChI=1S/C36H74O.C12H10.Na.H/c1-3-5-7-9-11-13-15-17-19-21-23-25-27-29-31-33-35-37-36-34-32-30-28-26-24-22-20-18-16-14-12-10-8-6-4-2;1-3-7-11(8-4-1)12-9-5-2-6-10-12;;/h3-36H2,1-2H3;1-10H;;/q;;+1;-1. The SMILES string of the molecule is CCCCCCCCCCCCCCCCCCOCCCCCCCCCCCCCCCCCC.[H-].[Na+].c1ccc(-c2ccccc2)cc1. The molecule has 0 saturated heterocycles.